The summed E-state index contributed by atoms with van der Waals surface area (Å²) in [5.41, 5.74) is -2.02. The van der Waals surface area contributed by atoms with Gasteiger partial charge in [-0.2, -0.15) is 4.72 Å². The molecule has 0 unspecified atom stereocenters. The zero-order valence-corrected chi connectivity index (χ0v) is 26.6. The Bertz CT molecular complexity index is 1770. The van der Waals surface area contributed by atoms with Crippen LogP contribution in [0.3, 0.4) is 0 Å². The van der Waals surface area contributed by atoms with Crippen LogP contribution in [0.15, 0.2) is 21.8 Å². The zero-order valence-electron chi connectivity index (χ0n) is 25.0. The van der Waals surface area contributed by atoms with Gasteiger partial charge in [0.15, 0.2) is 5.01 Å². The minimum absolute atomic E-state index is 0.0870. The van der Waals surface area contributed by atoms with Gasteiger partial charge in [-0.05, 0) is 45.2 Å². The predicted octanol–water partition coefficient (Wildman–Crippen LogP) is 2.22. The fourth-order valence-corrected chi connectivity index (χ4v) is 8.32. The van der Waals surface area contributed by atoms with Crippen LogP contribution in [0.5, 0.6) is 0 Å². The number of alkyl halides is 3. The third kappa shape index (κ3) is 5.23. The summed E-state index contributed by atoms with van der Waals surface area (Å²) in [5, 5.41) is 6.59. The number of hydrogen-bond acceptors (Lipinski definition) is 10. The van der Waals surface area contributed by atoms with Gasteiger partial charge in [0.2, 0.25) is 15.2 Å². The van der Waals surface area contributed by atoms with E-state index in [9.17, 15) is 31.2 Å². The second-order valence-electron chi connectivity index (χ2n) is 11.8. The largest absolute Gasteiger partial charge is 0.377 e. The molecule has 0 bridgehead atoms. The first-order valence-electron chi connectivity index (χ1n) is 14.6. The monoisotopic (exact) mass is 673 g/mol. The van der Waals surface area contributed by atoms with Crippen molar-refractivity contribution in [2.24, 2.45) is 0 Å². The molecule has 2 aromatic heterocycles. The average Bonchev–Trinajstić information content (AvgIpc) is 3.56. The van der Waals surface area contributed by atoms with Crippen LogP contribution in [0.25, 0.3) is 16.2 Å². The minimum atomic E-state index is -4.37. The number of ether oxygens (including phenoxy) is 2. The van der Waals surface area contributed by atoms with Gasteiger partial charge in [-0.25, -0.2) is 31.0 Å². The summed E-state index contributed by atoms with van der Waals surface area (Å²) in [4.78, 5) is 30.7. The summed E-state index contributed by atoms with van der Waals surface area (Å²) >= 11 is 0.521. The van der Waals surface area contributed by atoms with Gasteiger partial charge in [-0.3, -0.25) is 9.36 Å². The number of aryl methyl sites for hydroxylation is 1. The highest BCUT2D eigenvalue weighted by atomic mass is 32.2. The van der Waals surface area contributed by atoms with E-state index in [2.05, 4.69) is 14.9 Å². The number of fused-ring (bicyclic) bond motifs is 1. The van der Waals surface area contributed by atoms with Crippen LogP contribution in [0, 0.1) is 0 Å². The van der Waals surface area contributed by atoms with E-state index in [0.717, 1.165) is 11.0 Å². The number of carbonyl (C=O) groups is 1. The molecular weight excluding hydrogens is 639 g/mol. The molecule has 1 aromatic carbocycles. The second kappa shape index (κ2) is 11.6. The molecule has 0 spiro atoms. The molecule has 1 N–H and O–H groups in total. The second-order valence-corrected chi connectivity index (χ2v) is 14.4. The van der Waals surface area contributed by atoms with Gasteiger partial charge in [0.1, 0.15) is 17.8 Å². The van der Waals surface area contributed by atoms with Gasteiger partial charge in [-0.15, -0.1) is 10.2 Å². The molecule has 1 saturated carbocycles. The lowest BCUT2D eigenvalue weighted by Gasteiger charge is -2.47. The van der Waals surface area contributed by atoms with Gasteiger partial charge in [-0.1, -0.05) is 11.3 Å². The molecule has 0 radical (unpaired) electrons. The van der Waals surface area contributed by atoms with Crippen molar-refractivity contribution in [3.05, 3.63) is 27.6 Å². The number of hydrogen-bond donors (Lipinski definition) is 1. The predicted molar refractivity (Wildman–Crippen MR) is 158 cm³/mol. The molecule has 6 rings (SSSR count). The highest BCUT2D eigenvalue weighted by molar-refractivity contribution is 7.89. The summed E-state index contributed by atoms with van der Waals surface area (Å²) in [7, 11) is -2.84. The Morgan fingerprint density at radius 3 is 2.49 bits per heavy atom. The quantitative estimate of drug-likeness (QED) is 0.343. The molecular formula is C27H34F3N7O6S2. The Morgan fingerprint density at radius 2 is 1.98 bits per heavy atom. The van der Waals surface area contributed by atoms with Crippen LogP contribution in [-0.2, 0) is 30.8 Å². The maximum absolute atomic E-state index is 13.9. The Labute approximate surface area is 260 Å². The molecule has 18 heteroatoms. The summed E-state index contributed by atoms with van der Waals surface area (Å²) < 4.78 is 83.8. The van der Waals surface area contributed by atoms with Crippen molar-refractivity contribution in [3.63, 3.8) is 0 Å². The fraction of sp³-hybridized carbons (Fsp3) is 0.630. The summed E-state index contributed by atoms with van der Waals surface area (Å²) in [6.45, 7) is 3.43. The summed E-state index contributed by atoms with van der Waals surface area (Å²) in [5.74, 6) is -0.0870. The van der Waals surface area contributed by atoms with Crippen molar-refractivity contribution < 1.29 is 35.9 Å². The van der Waals surface area contributed by atoms with E-state index < -0.39 is 45.0 Å². The van der Waals surface area contributed by atoms with E-state index in [4.69, 9.17) is 9.47 Å². The van der Waals surface area contributed by atoms with Crippen molar-refractivity contribution in [3.8, 4) is 5.13 Å². The Hall–Kier alpha value is -3.06. The van der Waals surface area contributed by atoms with Gasteiger partial charge >= 0.3 is 5.69 Å². The summed E-state index contributed by atoms with van der Waals surface area (Å²) in [6, 6.07) is 2.38. The van der Waals surface area contributed by atoms with Gasteiger partial charge in [0.05, 0.1) is 34.8 Å². The number of rotatable bonds is 10. The Morgan fingerprint density at radius 1 is 1.24 bits per heavy atom. The number of nitrogens with zero attached hydrogens (tertiary/aromatic N) is 6. The molecule has 3 aromatic rings. The normalized spacial score (nSPS) is 21.3. The third-order valence-electron chi connectivity index (χ3n) is 8.94. The number of methoxy groups -OCH3 is 1. The maximum Gasteiger partial charge on any atom is 0.335 e. The first kappa shape index (κ1) is 31.9. The van der Waals surface area contributed by atoms with Crippen LogP contribution >= 0.6 is 11.3 Å². The van der Waals surface area contributed by atoms with Crippen molar-refractivity contribution in [1.29, 1.82) is 0 Å². The van der Waals surface area contributed by atoms with Crippen LogP contribution in [0.1, 0.15) is 44.5 Å². The molecule has 3 fully saturated rings. The lowest BCUT2D eigenvalue weighted by Crippen LogP contribution is -2.63. The number of nitrogens with one attached hydrogen (secondary N) is 1. The molecule has 2 aliphatic heterocycles. The van der Waals surface area contributed by atoms with Crippen LogP contribution in [-0.4, -0.2) is 102 Å². The van der Waals surface area contributed by atoms with Crippen LogP contribution in [0.2, 0.25) is 0 Å². The van der Waals surface area contributed by atoms with E-state index in [0.29, 0.717) is 55.0 Å². The van der Waals surface area contributed by atoms with Crippen molar-refractivity contribution in [2.75, 3.05) is 51.5 Å². The van der Waals surface area contributed by atoms with Gasteiger partial charge in [0.25, 0.3) is 12.3 Å². The maximum atomic E-state index is 13.9. The highest BCUT2D eigenvalue weighted by Crippen LogP contribution is 2.39. The molecule has 1 amide bonds. The third-order valence-corrected chi connectivity index (χ3v) is 11.4. The fourth-order valence-electron chi connectivity index (χ4n) is 6.22. The number of imidazole rings is 1. The molecule has 1 atom stereocenters. The Kier molecular flexibility index (Phi) is 8.24. The van der Waals surface area contributed by atoms with E-state index >= 15 is 0 Å². The Balaban J connectivity index is 1.48. The average molecular weight is 674 g/mol. The number of amides is 1. The first-order chi connectivity index (χ1) is 21.4. The first-order valence-corrected chi connectivity index (χ1v) is 16.9. The molecule has 45 heavy (non-hydrogen) atoms. The highest BCUT2D eigenvalue weighted by Gasteiger charge is 2.48. The van der Waals surface area contributed by atoms with E-state index in [-0.39, 0.29) is 47.3 Å². The number of carbonyl (C=O) groups excluding carboxylic acids is 1. The molecule has 2 saturated heterocycles. The lowest BCUT2D eigenvalue weighted by molar-refractivity contribution is -0.168. The molecule has 13 nitrogen and oxygen atoms in total. The molecule has 3 aliphatic rings. The molecule has 1 aliphatic carbocycles. The topological polar surface area (TPSA) is 141 Å². The van der Waals surface area contributed by atoms with Crippen molar-refractivity contribution in [1.82, 2.24) is 29.0 Å². The van der Waals surface area contributed by atoms with E-state index in [1.165, 1.54) is 23.8 Å². The number of benzene rings is 1. The van der Waals surface area contributed by atoms with Gasteiger partial charge in [0, 0.05) is 39.3 Å². The molecule has 246 valence electrons. The van der Waals surface area contributed by atoms with Crippen molar-refractivity contribution in [2.45, 2.75) is 68.2 Å². The van der Waals surface area contributed by atoms with Crippen LogP contribution in [0.4, 0.5) is 18.9 Å². The number of aromatic nitrogens is 4. The van der Waals surface area contributed by atoms with Crippen molar-refractivity contribution >= 4 is 44.0 Å². The SMILES string of the molecule is CCn1c(=O)n(-c2nnc(C(F)F)s2)c2cc(S(=O)(=O)NC3(CF)COC3)cc(N3CCN(C(=O)C4(OC)CCC4)[C@@H](C)C3)c21. The number of halogens is 3. The summed E-state index contributed by atoms with van der Waals surface area (Å²) in [6.07, 6.45) is -0.732. The van der Waals surface area contributed by atoms with E-state index in [1.807, 2.05) is 11.8 Å². The molecule has 4 heterocycles. The van der Waals surface area contributed by atoms with Crippen LogP contribution < -0.4 is 15.3 Å². The minimum Gasteiger partial charge on any atom is -0.377 e. The number of sulfonamides is 1. The van der Waals surface area contributed by atoms with E-state index in [1.54, 1.807) is 11.8 Å². The smallest absolute Gasteiger partial charge is 0.335 e. The lowest BCUT2D eigenvalue weighted by atomic mass is 9.78. The number of piperazine rings is 1. The van der Waals surface area contributed by atoms with Gasteiger partial charge < -0.3 is 19.3 Å². The zero-order chi connectivity index (χ0) is 32.3. The number of anilines is 1. The standard InChI is InChI=1S/C27H34F3N7O6S2/c1-4-35-20-18(34-8-9-36(16(2)12-34)23(38)27(42-3)6-5-7-27)10-17(45(40,41)33-26(13-28)14-43-15-26)11-19(20)37(25(35)39)24-32-31-22(44-24)21(29)30/h10-11,16,21,33H,4-9,12-15H2,1-3H3/t16-/m0/s1.